The Morgan fingerprint density at radius 1 is 1.17 bits per heavy atom. The molecule has 5 heteroatoms. The molecule has 1 atom stereocenters. The van der Waals surface area contributed by atoms with Crippen LogP contribution >= 0.6 is 0 Å². The van der Waals surface area contributed by atoms with Crippen LogP contribution in [0.25, 0.3) is 0 Å². The highest BCUT2D eigenvalue weighted by atomic mass is 16.2. The lowest BCUT2D eigenvalue weighted by Gasteiger charge is -2.39. The van der Waals surface area contributed by atoms with Gasteiger partial charge in [-0.2, -0.15) is 0 Å². The highest BCUT2D eigenvalue weighted by Crippen LogP contribution is 2.34. The summed E-state index contributed by atoms with van der Waals surface area (Å²) in [6, 6.07) is 0.650. The Balaban J connectivity index is 1.57. The number of fused-ring (bicyclic) bond motifs is 1. The highest BCUT2D eigenvalue weighted by Gasteiger charge is 2.39. The van der Waals surface area contributed by atoms with Crippen molar-refractivity contribution in [2.75, 3.05) is 19.6 Å². The average Bonchev–Trinajstić information content (AvgIpc) is 3.24. The summed E-state index contributed by atoms with van der Waals surface area (Å²) >= 11 is 0. The van der Waals surface area contributed by atoms with Gasteiger partial charge in [0.2, 0.25) is 5.91 Å². The fourth-order valence-electron chi connectivity index (χ4n) is 4.83. The number of nitrogens with zero attached hydrogens (tertiary/aromatic N) is 4. The van der Waals surface area contributed by atoms with E-state index in [2.05, 4.69) is 26.3 Å². The van der Waals surface area contributed by atoms with E-state index in [-0.39, 0.29) is 5.92 Å². The van der Waals surface area contributed by atoms with Crippen molar-refractivity contribution in [1.82, 2.24) is 19.4 Å². The zero-order chi connectivity index (χ0) is 16.7. The molecule has 4 rings (SSSR count). The number of hydrogen-bond donors (Lipinski definition) is 0. The van der Waals surface area contributed by atoms with Gasteiger partial charge in [-0.05, 0) is 31.6 Å². The van der Waals surface area contributed by atoms with E-state index in [1.165, 1.54) is 25.7 Å². The van der Waals surface area contributed by atoms with Gasteiger partial charge in [0.25, 0.3) is 0 Å². The van der Waals surface area contributed by atoms with E-state index in [0.717, 1.165) is 56.3 Å². The van der Waals surface area contributed by atoms with Gasteiger partial charge in [-0.3, -0.25) is 9.69 Å². The number of carbonyl (C=O) groups excluding carboxylic acids is 1. The molecular formula is C19H30N4O. The van der Waals surface area contributed by atoms with Crippen LogP contribution in [-0.2, 0) is 18.4 Å². The van der Waals surface area contributed by atoms with E-state index >= 15 is 0 Å². The van der Waals surface area contributed by atoms with Crippen molar-refractivity contribution in [3.63, 3.8) is 0 Å². The number of amides is 1. The Bertz CT molecular complexity index is 597. The molecule has 3 aliphatic rings. The third-order valence-corrected chi connectivity index (χ3v) is 6.40. The second-order valence-electron chi connectivity index (χ2n) is 8.12. The molecule has 1 aliphatic carbocycles. The number of aromatic nitrogens is 2. The molecule has 2 aliphatic heterocycles. The number of rotatable bonds is 2. The fourth-order valence-corrected chi connectivity index (χ4v) is 4.83. The van der Waals surface area contributed by atoms with Gasteiger partial charge in [0.1, 0.15) is 0 Å². The van der Waals surface area contributed by atoms with Gasteiger partial charge in [-0.1, -0.05) is 19.8 Å². The van der Waals surface area contributed by atoms with Crippen molar-refractivity contribution in [3.8, 4) is 0 Å². The minimum absolute atomic E-state index is 0.0322. The van der Waals surface area contributed by atoms with Gasteiger partial charge >= 0.3 is 0 Å². The summed E-state index contributed by atoms with van der Waals surface area (Å²) in [7, 11) is 2.04. The third-order valence-electron chi connectivity index (χ3n) is 6.40. The predicted molar refractivity (Wildman–Crippen MR) is 93.6 cm³/mol. The molecule has 1 saturated heterocycles. The van der Waals surface area contributed by atoms with Crippen LogP contribution < -0.4 is 0 Å². The standard InChI is InChI=1S/C19H30N4O/c1-14-7-9-22(10-8-14)19(24)16-11-23(15-5-3-4-6-15)12-17-18(16)21(2)13-20-17/h13-16H,3-12H2,1-2H3/t16-/m0/s1. The van der Waals surface area contributed by atoms with E-state index in [9.17, 15) is 4.79 Å². The summed E-state index contributed by atoms with van der Waals surface area (Å²) in [5.74, 6) is 1.05. The third kappa shape index (κ3) is 2.87. The van der Waals surface area contributed by atoms with Crippen LogP contribution in [0, 0.1) is 5.92 Å². The van der Waals surface area contributed by atoms with Crippen molar-refractivity contribution in [2.24, 2.45) is 13.0 Å². The van der Waals surface area contributed by atoms with Crippen molar-refractivity contribution in [3.05, 3.63) is 17.7 Å². The van der Waals surface area contributed by atoms with Gasteiger partial charge in [-0.25, -0.2) is 4.98 Å². The topological polar surface area (TPSA) is 41.4 Å². The van der Waals surface area contributed by atoms with Crippen LogP contribution in [0.2, 0.25) is 0 Å². The van der Waals surface area contributed by atoms with E-state index in [4.69, 9.17) is 0 Å². The summed E-state index contributed by atoms with van der Waals surface area (Å²) in [6.07, 6.45) is 9.40. The van der Waals surface area contributed by atoms with E-state index in [1.54, 1.807) is 0 Å². The van der Waals surface area contributed by atoms with E-state index < -0.39 is 0 Å². The maximum Gasteiger partial charge on any atom is 0.233 e. The number of likely N-dealkylation sites (tertiary alicyclic amines) is 1. The molecule has 0 N–H and O–H groups in total. The Morgan fingerprint density at radius 3 is 2.58 bits per heavy atom. The smallest absolute Gasteiger partial charge is 0.233 e. The van der Waals surface area contributed by atoms with Gasteiger partial charge in [-0.15, -0.1) is 0 Å². The minimum Gasteiger partial charge on any atom is -0.342 e. The zero-order valence-electron chi connectivity index (χ0n) is 15.1. The molecule has 1 aromatic rings. The van der Waals surface area contributed by atoms with Crippen LogP contribution in [0.4, 0.5) is 0 Å². The van der Waals surface area contributed by atoms with Gasteiger partial charge in [0.05, 0.1) is 23.6 Å². The van der Waals surface area contributed by atoms with Crippen LogP contribution in [0.3, 0.4) is 0 Å². The summed E-state index contributed by atoms with van der Waals surface area (Å²) in [6.45, 7) is 5.94. The molecule has 0 spiro atoms. The fraction of sp³-hybridized carbons (Fsp3) is 0.789. The lowest BCUT2D eigenvalue weighted by atomic mass is 9.92. The Labute approximate surface area is 145 Å². The molecule has 1 amide bonds. The van der Waals surface area contributed by atoms with Crippen molar-refractivity contribution in [1.29, 1.82) is 0 Å². The molecule has 0 radical (unpaired) electrons. The first-order chi connectivity index (χ1) is 11.6. The van der Waals surface area contributed by atoms with Crippen LogP contribution in [0.15, 0.2) is 6.33 Å². The summed E-state index contributed by atoms with van der Waals surface area (Å²) in [5.41, 5.74) is 2.28. The molecule has 1 saturated carbocycles. The van der Waals surface area contributed by atoms with Crippen molar-refractivity contribution in [2.45, 2.75) is 64.0 Å². The van der Waals surface area contributed by atoms with Gasteiger partial charge in [0.15, 0.2) is 0 Å². The monoisotopic (exact) mass is 330 g/mol. The molecule has 2 fully saturated rings. The normalized spacial score (nSPS) is 26.8. The number of carbonyl (C=O) groups is 1. The second kappa shape index (κ2) is 6.51. The average molecular weight is 330 g/mol. The number of hydrogen-bond acceptors (Lipinski definition) is 3. The van der Waals surface area contributed by atoms with Crippen LogP contribution in [-0.4, -0.2) is 50.9 Å². The minimum atomic E-state index is -0.0322. The highest BCUT2D eigenvalue weighted by molar-refractivity contribution is 5.84. The van der Waals surface area contributed by atoms with Crippen LogP contribution in [0.5, 0.6) is 0 Å². The maximum absolute atomic E-state index is 13.3. The quantitative estimate of drug-likeness (QED) is 0.837. The van der Waals surface area contributed by atoms with Crippen LogP contribution in [0.1, 0.15) is 62.8 Å². The zero-order valence-corrected chi connectivity index (χ0v) is 15.1. The first-order valence-corrected chi connectivity index (χ1v) is 9.66. The Hall–Kier alpha value is -1.36. The van der Waals surface area contributed by atoms with E-state index in [0.29, 0.717) is 11.9 Å². The summed E-state index contributed by atoms with van der Waals surface area (Å²) in [4.78, 5) is 22.6. The number of aryl methyl sites for hydroxylation is 1. The lowest BCUT2D eigenvalue weighted by molar-refractivity contribution is -0.135. The maximum atomic E-state index is 13.3. The molecule has 132 valence electrons. The van der Waals surface area contributed by atoms with Gasteiger partial charge < -0.3 is 9.47 Å². The van der Waals surface area contributed by atoms with E-state index in [1.807, 2.05) is 13.4 Å². The number of piperidine rings is 1. The molecule has 0 aromatic carbocycles. The first-order valence-electron chi connectivity index (χ1n) is 9.66. The Morgan fingerprint density at radius 2 is 1.88 bits per heavy atom. The molecule has 24 heavy (non-hydrogen) atoms. The van der Waals surface area contributed by atoms with Crippen molar-refractivity contribution < 1.29 is 4.79 Å². The largest absolute Gasteiger partial charge is 0.342 e. The predicted octanol–water partition coefficient (Wildman–Crippen LogP) is 2.52. The van der Waals surface area contributed by atoms with Crippen molar-refractivity contribution >= 4 is 5.91 Å². The molecule has 3 heterocycles. The first kappa shape index (κ1) is 16.1. The lowest BCUT2D eigenvalue weighted by Crippen LogP contribution is -2.48. The molecular weight excluding hydrogens is 300 g/mol. The molecule has 0 bridgehead atoms. The molecule has 1 aromatic heterocycles. The summed E-state index contributed by atoms with van der Waals surface area (Å²) in [5, 5.41) is 0. The SMILES string of the molecule is CC1CCN(C(=O)[C@H]2CN(C3CCCC3)Cc3ncn(C)c32)CC1. The molecule has 0 unspecified atom stereocenters. The summed E-state index contributed by atoms with van der Waals surface area (Å²) < 4.78 is 2.08. The molecule has 5 nitrogen and oxygen atoms in total. The second-order valence-corrected chi connectivity index (χ2v) is 8.12. The Kier molecular flexibility index (Phi) is 4.37. The number of imidazole rings is 1. The van der Waals surface area contributed by atoms with Gasteiger partial charge in [0, 0.05) is 39.3 Å².